The predicted molar refractivity (Wildman–Crippen MR) is 84.0 cm³/mol. The molecule has 1 aromatic carbocycles. The summed E-state index contributed by atoms with van der Waals surface area (Å²) in [5.74, 6) is -0.770. The van der Waals surface area contributed by atoms with Crippen LogP contribution in [-0.2, 0) is 11.2 Å². The Morgan fingerprint density at radius 3 is 1.74 bits per heavy atom. The maximum absolute atomic E-state index is 10.7. The number of carboxylic acid groups (broad SMARTS) is 1. The molecular formula is C16H26O2Si. The summed E-state index contributed by atoms with van der Waals surface area (Å²) in [5.41, 5.74) is 0.881. The summed E-state index contributed by atoms with van der Waals surface area (Å²) in [6.45, 7) is 13.9. The largest absolute Gasteiger partial charge is 0.481 e. The highest BCUT2D eigenvalue weighted by molar-refractivity contribution is 6.78. The highest BCUT2D eigenvalue weighted by atomic mass is 28.3. The van der Waals surface area contributed by atoms with Crippen molar-refractivity contribution in [3.63, 3.8) is 0 Å². The summed E-state index contributed by atoms with van der Waals surface area (Å²) in [5, 5.41) is 10.9. The Morgan fingerprint density at radius 1 is 1.00 bits per heavy atom. The Balaban J connectivity index is 3.09. The SMILES string of the molecule is CC(C)(C)[SiH](c1ccc(CC(=O)O)cc1)C(C)(C)C. The van der Waals surface area contributed by atoms with Crippen LogP contribution in [0.15, 0.2) is 24.3 Å². The Morgan fingerprint density at radius 2 is 1.42 bits per heavy atom. The van der Waals surface area contributed by atoms with E-state index in [-0.39, 0.29) is 6.42 Å². The van der Waals surface area contributed by atoms with Gasteiger partial charge in [-0.15, -0.1) is 0 Å². The minimum absolute atomic E-state index is 0.109. The van der Waals surface area contributed by atoms with E-state index in [1.807, 2.05) is 12.1 Å². The van der Waals surface area contributed by atoms with Crippen LogP contribution in [0.1, 0.15) is 47.1 Å². The van der Waals surface area contributed by atoms with Gasteiger partial charge in [-0.05, 0) is 15.6 Å². The third-order valence-corrected chi connectivity index (χ3v) is 7.92. The van der Waals surface area contributed by atoms with Crippen LogP contribution in [0.5, 0.6) is 0 Å². The second kappa shape index (κ2) is 5.49. The molecule has 0 atom stereocenters. The number of carboxylic acids is 1. The van der Waals surface area contributed by atoms with Crippen molar-refractivity contribution in [2.45, 2.75) is 58.0 Å². The summed E-state index contributed by atoms with van der Waals surface area (Å²) in [6, 6.07) is 8.24. The van der Waals surface area contributed by atoms with E-state index >= 15 is 0 Å². The smallest absolute Gasteiger partial charge is 0.307 e. The van der Waals surface area contributed by atoms with Gasteiger partial charge in [0.05, 0.1) is 15.2 Å². The molecule has 0 bridgehead atoms. The topological polar surface area (TPSA) is 37.3 Å². The van der Waals surface area contributed by atoms with Gasteiger partial charge in [-0.1, -0.05) is 71.0 Å². The average Bonchev–Trinajstić information content (AvgIpc) is 2.15. The third kappa shape index (κ3) is 4.50. The van der Waals surface area contributed by atoms with Gasteiger partial charge in [0.1, 0.15) is 0 Å². The Bertz CT molecular complexity index is 421. The lowest BCUT2D eigenvalue weighted by Gasteiger charge is -2.39. The molecule has 0 heterocycles. The molecule has 1 aromatic rings. The van der Waals surface area contributed by atoms with Crippen LogP contribution in [-0.4, -0.2) is 19.9 Å². The Kier molecular flexibility index (Phi) is 4.61. The fourth-order valence-electron chi connectivity index (χ4n) is 3.30. The molecular weight excluding hydrogens is 252 g/mol. The quantitative estimate of drug-likeness (QED) is 0.861. The monoisotopic (exact) mass is 278 g/mol. The molecule has 0 amide bonds. The molecule has 0 aliphatic heterocycles. The molecule has 0 aromatic heterocycles. The van der Waals surface area contributed by atoms with Crippen molar-refractivity contribution in [2.24, 2.45) is 0 Å². The summed E-state index contributed by atoms with van der Waals surface area (Å²) in [7, 11) is -1.17. The molecule has 3 heteroatoms. The average molecular weight is 278 g/mol. The van der Waals surface area contributed by atoms with Gasteiger partial charge in [-0.3, -0.25) is 4.79 Å². The van der Waals surface area contributed by atoms with E-state index in [2.05, 4.69) is 53.7 Å². The first kappa shape index (κ1) is 16.0. The van der Waals surface area contributed by atoms with Gasteiger partial charge < -0.3 is 5.11 Å². The molecule has 1 N–H and O–H groups in total. The van der Waals surface area contributed by atoms with Gasteiger partial charge in [0.2, 0.25) is 0 Å². The van der Waals surface area contributed by atoms with Crippen LogP contribution in [0.4, 0.5) is 0 Å². The fraction of sp³-hybridized carbons (Fsp3) is 0.562. The van der Waals surface area contributed by atoms with Crippen LogP contribution in [0.2, 0.25) is 10.1 Å². The number of benzene rings is 1. The third-order valence-electron chi connectivity index (χ3n) is 3.40. The lowest BCUT2D eigenvalue weighted by Crippen LogP contribution is -2.45. The van der Waals surface area contributed by atoms with Crippen LogP contribution in [0.3, 0.4) is 0 Å². The number of hydrogen-bond donors (Lipinski definition) is 1. The van der Waals surface area contributed by atoms with E-state index in [4.69, 9.17) is 5.11 Å². The van der Waals surface area contributed by atoms with Crippen molar-refractivity contribution in [3.05, 3.63) is 29.8 Å². The summed E-state index contributed by atoms with van der Waals surface area (Å²) < 4.78 is 0. The number of rotatable bonds is 3. The Hall–Kier alpha value is -1.09. The maximum atomic E-state index is 10.7. The molecule has 2 nitrogen and oxygen atoms in total. The summed E-state index contributed by atoms with van der Waals surface area (Å²) in [6.07, 6.45) is 0.109. The standard InChI is InChI=1S/C16H26O2Si/c1-15(2,3)19(16(4,5)6)13-9-7-12(8-10-13)11-14(17)18/h7-10,19H,11H2,1-6H3,(H,17,18). The molecule has 0 aliphatic rings. The van der Waals surface area contributed by atoms with Gasteiger partial charge in [0.25, 0.3) is 0 Å². The minimum atomic E-state index is -1.17. The molecule has 19 heavy (non-hydrogen) atoms. The molecule has 0 saturated carbocycles. The summed E-state index contributed by atoms with van der Waals surface area (Å²) >= 11 is 0. The zero-order valence-electron chi connectivity index (χ0n) is 12.9. The van der Waals surface area contributed by atoms with E-state index < -0.39 is 14.8 Å². The van der Waals surface area contributed by atoms with Crippen molar-refractivity contribution in [1.82, 2.24) is 0 Å². The van der Waals surface area contributed by atoms with E-state index in [0.29, 0.717) is 10.1 Å². The van der Waals surface area contributed by atoms with Crippen molar-refractivity contribution < 1.29 is 9.90 Å². The second-order valence-electron chi connectivity index (χ2n) is 7.48. The van der Waals surface area contributed by atoms with E-state index in [1.165, 1.54) is 5.19 Å². The second-order valence-corrected chi connectivity index (χ2v) is 12.5. The summed E-state index contributed by atoms with van der Waals surface area (Å²) in [4.78, 5) is 10.7. The lowest BCUT2D eigenvalue weighted by molar-refractivity contribution is -0.136. The molecule has 0 radical (unpaired) electrons. The predicted octanol–water partition coefficient (Wildman–Crippen LogP) is 3.35. The highest BCUT2D eigenvalue weighted by Crippen LogP contribution is 2.41. The Labute approximate surface area is 118 Å². The number of carbonyl (C=O) groups is 1. The van der Waals surface area contributed by atoms with Crippen molar-refractivity contribution in [1.29, 1.82) is 0 Å². The van der Waals surface area contributed by atoms with Crippen LogP contribution in [0, 0.1) is 0 Å². The van der Waals surface area contributed by atoms with E-state index in [9.17, 15) is 4.79 Å². The molecule has 0 fully saturated rings. The van der Waals surface area contributed by atoms with Gasteiger partial charge in [-0.25, -0.2) is 0 Å². The van der Waals surface area contributed by atoms with Gasteiger partial charge in [0, 0.05) is 0 Å². The zero-order valence-corrected chi connectivity index (χ0v) is 14.1. The van der Waals surface area contributed by atoms with E-state index in [1.54, 1.807) is 0 Å². The van der Waals surface area contributed by atoms with E-state index in [0.717, 1.165) is 5.56 Å². The normalized spacial score (nSPS) is 12.8. The molecule has 0 saturated heterocycles. The van der Waals surface area contributed by atoms with Crippen molar-refractivity contribution in [3.8, 4) is 0 Å². The lowest BCUT2D eigenvalue weighted by atomic mass is 10.1. The van der Waals surface area contributed by atoms with Crippen molar-refractivity contribution >= 4 is 20.0 Å². The molecule has 106 valence electrons. The van der Waals surface area contributed by atoms with Crippen LogP contribution in [0.25, 0.3) is 0 Å². The fourth-order valence-corrected chi connectivity index (χ4v) is 8.48. The molecule has 0 unspecified atom stereocenters. The van der Waals surface area contributed by atoms with Gasteiger partial charge in [0.15, 0.2) is 0 Å². The first-order valence-corrected chi connectivity index (χ1v) is 8.55. The maximum Gasteiger partial charge on any atom is 0.307 e. The highest BCUT2D eigenvalue weighted by Gasteiger charge is 2.37. The van der Waals surface area contributed by atoms with Gasteiger partial charge >= 0.3 is 5.97 Å². The molecule has 0 aliphatic carbocycles. The van der Waals surface area contributed by atoms with Crippen molar-refractivity contribution in [2.75, 3.05) is 0 Å². The van der Waals surface area contributed by atoms with Crippen LogP contribution < -0.4 is 5.19 Å². The van der Waals surface area contributed by atoms with Crippen LogP contribution >= 0.6 is 0 Å². The molecule has 1 rings (SSSR count). The first-order chi connectivity index (χ1) is 8.51. The van der Waals surface area contributed by atoms with Gasteiger partial charge in [-0.2, -0.15) is 0 Å². The molecule has 0 spiro atoms. The number of hydrogen-bond acceptors (Lipinski definition) is 1. The first-order valence-electron chi connectivity index (χ1n) is 6.82. The number of aliphatic carboxylic acids is 1. The minimum Gasteiger partial charge on any atom is -0.481 e. The zero-order chi connectivity index (χ0) is 14.8.